The molecule has 0 spiro atoms. The van der Waals surface area contributed by atoms with Gasteiger partial charge in [0.1, 0.15) is 11.6 Å². The molecule has 128 valence electrons. The van der Waals surface area contributed by atoms with Crippen LogP contribution in [0.5, 0.6) is 0 Å². The Labute approximate surface area is 153 Å². The number of hydrogen-bond acceptors (Lipinski definition) is 2. The van der Waals surface area contributed by atoms with E-state index in [0.717, 1.165) is 35.7 Å². The Morgan fingerprint density at radius 2 is 1.96 bits per heavy atom. The van der Waals surface area contributed by atoms with Gasteiger partial charge in [0.2, 0.25) is 5.91 Å². The second-order valence-electron chi connectivity index (χ2n) is 6.44. The highest BCUT2D eigenvalue weighted by Gasteiger charge is 2.25. The molecule has 0 saturated heterocycles. The van der Waals surface area contributed by atoms with E-state index in [1.165, 1.54) is 6.07 Å². The summed E-state index contributed by atoms with van der Waals surface area (Å²) in [5, 5.41) is 0. The summed E-state index contributed by atoms with van der Waals surface area (Å²) in [6.45, 7) is 0. The van der Waals surface area contributed by atoms with Crippen LogP contribution in [0.3, 0.4) is 0 Å². The standard InChI is InChI=1S/C19H17BrFN3O/c20-12-6-7-15(21)14(10-12)19-23-16-9-11(18(22)25)5-8-17(16)24(19)13-3-1-2-4-13/h5-10,13H,1-4H2,(H2,22,25). The van der Waals surface area contributed by atoms with Gasteiger partial charge in [-0.15, -0.1) is 0 Å². The summed E-state index contributed by atoms with van der Waals surface area (Å²) >= 11 is 3.41. The Morgan fingerprint density at radius 1 is 1.20 bits per heavy atom. The fraction of sp³-hybridized carbons (Fsp3) is 0.263. The fourth-order valence-corrected chi connectivity index (χ4v) is 4.00. The molecule has 1 aromatic heterocycles. The number of aromatic nitrogens is 2. The van der Waals surface area contributed by atoms with Crippen LogP contribution in [-0.2, 0) is 0 Å². The summed E-state index contributed by atoms with van der Waals surface area (Å²) in [4.78, 5) is 16.1. The number of carbonyl (C=O) groups is 1. The largest absolute Gasteiger partial charge is 0.366 e. The topological polar surface area (TPSA) is 60.9 Å². The van der Waals surface area contributed by atoms with Crippen LogP contribution in [0.4, 0.5) is 4.39 Å². The second kappa shape index (κ2) is 6.26. The molecule has 1 aliphatic carbocycles. The normalized spacial score (nSPS) is 15.1. The van der Waals surface area contributed by atoms with Crippen molar-refractivity contribution in [2.45, 2.75) is 31.7 Å². The third-order valence-electron chi connectivity index (χ3n) is 4.83. The van der Waals surface area contributed by atoms with Crippen LogP contribution < -0.4 is 5.73 Å². The number of fused-ring (bicyclic) bond motifs is 1. The molecule has 1 fully saturated rings. The summed E-state index contributed by atoms with van der Waals surface area (Å²) < 4.78 is 17.4. The van der Waals surface area contributed by atoms with Gasteiger partial charge in [0.05, 0.1) is 16.6 Å². The minimum absolute atomic E-state index is 0.290. The molecule has 0 radical (unpaired) electrons. The lowest BCUT2D eigenvalue weighted by Gasteiger charge is -2.17. The van der Waals surface area contributed by atoms with Crippen molar-refractivity contribution in [2.75, 3.05) is 0 Å². The highest BCUT2D eigenvalue weighted by Crippen LogP contribution is 2.38. The molecule has 4 rings (SSSR count). The highest BCUT2D eigenvalue weighted by atomic mass is 79.9. The molecule has 1 amide bonds. The predicted molar refractivity (Wildman–Crippen MR) is 98.8 cm³/mol. The second-order valence-corrected chi connectivity index (χ2v) is 7.35. The first-order valence-electron chi connectivity index (χ1n) is 8.32. The van der Waals surface area contributed by atoms with E-state index in [1.54, 1.807) is 24.3 Å². The molecule has 1 heterocycles. The van der Waals surface area contributed by atoms with Crippen molar-refractivity contribution in [1.29, 1.82) is 0 Å². The van der Waals surface area contributed by atoms with Crippen LogP contribution in [-0.4, -0.2) is 15.5 Å². The number of nitrogens with two attached hydrogens (primary N) is 1. The predicted octanol–water partition coefficient (Wildman–Crippen LogP) is 4.82. The van der Waals surface area contributed by atoms with Crippen LogP contribution in [0.25, 0.3) is 22.4 Å². The maximum Gasteiger partial charge on any atom is 0.248 e. The molecule has 2 N–H and O–H groups in total. The Bertz CT molecular complexity index is 976. The minimum atomic E-state index is -0.493. The molecular weight excluding hydrogens is 385 g/mol. The lowest BCUT2D eigenvalue weighted by atomic mass is 10.1. The van der Waals surface area contributed by atoms with E-state index in [1.807, 2.05) is 6.07 Å². The average molecular weight is 402 g/mol. The third-order valence-corrected chi connectivity index (χ3v) is 5.33. The van der Waals surface area contributed by atoms with Crippen LogP contribution in [0, 0.1) is 5.82 Å². The summed E-state index contributed by atoms with van der Waals surface area (Å²) in [6.07, 6.45) is 4.41. The van der Waals surface area contributed by atoms with Crippen molar-refractivity contribution < 1.29 is 9.18 Å². The molecular formula is C19H17BrFN3O. The molecule has 1 aliphatic rings. The van der Waals surface area contributed by atoms with E-state index < -0.39 is 5.91 Å². The minimum Gasteiger partial charge on any atom is -0.366 e. The summed E-state index contributed by atoms with van der Waals surface area (Å²) in [5.74, 6) is -0.206. The first-order valence-corrected chi connectivity index (χ1v) is 9.11. The smallest absolute Gasteiger partial charge is 0.248 e. The number of halogens is 2. The number of hydrogen-bond donors (Lipinski definition) is 1. The Hall–Kier alpha value is -2.21. The molecule has 0 bridgehead atoms. The number of carbonyl (C=O) groups excluding carboxylic acids is 1. The fourth-order valence-electron chi connectivity index (χ4n) is 3.64. The Morgan fingerprint density at radius 3 is 2.68 bits per heavy atom. The molecule has 1 saturated carbocycles. The monoisotopic (exact) mass is 401 g/mol. The van der Waals surface area contributed by atoms with E-state index in [0.29, 0.717) is 22.5 Å². The van der Waals surface area contributed by atoms with E-state index in [-0.39, 0.29) is 11.9 Å². The molecule has 25 heavy (non-hydrogen) atoms. The first-order chi connectivity index (χ1) is 12.0. The zero-order valence-electron chi connectivity index (χ0n) is 13.5. The van der Waals surface area contributed by atoms with Crippen molar-refractivity contribution in [3.63, 3.8) is 0 Å². The zero-order valence-corrected chi connectivity index (χ0v) is 15.1. The van der Waals surface area contributed by atoms with Gasteiger partial charge in [-0.2, -0.15) is 0 Å². The maximum atomic E-state index is 14.5. The van der Waals surface area contributed by atoms with Crippen molar-refractivity contribution in [3.05, 3.63) is 52.3 Å². The maximum absolute atomic E-state index is 14.5. The van der Waals surface area contributed by atoms with E-state index in [4.69, 9.17) is 5.73 Å². The molecule has 3 aromatic rings. The summed E-state index contributed by atoms with van der Waals surface area (Å²) in [5.41, 5.74) is 7.82. The average Bonchev–Trinajstić information content (AvgIpc) is 3.22. The molecule has 4 nitrogen and oxygen atoms in total. The van der Waals surface area contributed by atoms with E-state index in [9.17, 15) is 9.18 Å². The third kappa shape index (κ3) is 2.84. The van der Waals surface area contributed by atoms with Crippen molar-refractivity contribution in [2.24, 2.45) is 5.73 Å². The van der Waals surface area contributed by atoms with Crippen molar-refractivity contribution >= 4 is 32.9 Å². The van der Waals surface area contributed by atoms with Crippen molar-refractivity contribution in [3.8, 4) is 11.4 Å². The lowest BCUT2D eigenvalue weighted by Crippen LogP contribution is -2.10. The van der Waals surface area contributed by atoms with Crippen LogP contribution in [0.15, 0.2) is 40.9 Å². The lowest BCUT2D eigenvalue weighted by molar-refractivity contribution is 0.100. The summed E-state index contributed by atoms with van der Waals surface area (Å²) in [6, 6.07) is 10.4. The van der Waals surface area contributed by atoms with Gasteiger partial charge in [-0.3, -0.25) is 4.79 Å². The van der Waals surface area contributed by atoms with Crippen LogP contribution in [0.2, 0.25) is 0 Å². The number of imidazole rings is 1. The molecule has 0 atom stereocenters. The Kier molecular flexibility index (Phi) is 4.07. The number of amides is 1. The van der Waals surface area contributed by atoms with Gasteiger partial charge in [0.25, 0.3) is 0 Å². The number of rotatable bonds is 3. The van der Waals surface area contributed by atoms with E-state index >= 15 is 0 Å². The Balaban J connectivity index is 1.99. The quantitative estimate of drug-likeness (QED) is 0.683. The van der Waals surface area contributed by atoms with Crippen molar-refractivity contribution in [1.82, 2.24) is 9.55 Å². The molecule has 0 aliphatic heterocycles. The number of benzene rings is 2. The van der Waals surface area contributed by atoms with Gasteiger partial charge >= 0.3 is 0 Å². The number of primary amides is 1. The molecule has 6 heteroatoms. The van der Waals surface area contributed by atoms with Gasteiger partial charge < -0.3 is 10.3 Å². The zero-order chi connectivity index (χ0) is 17.6. The molecule has 0 unspecified atom stereocenters. The molecule has 2 aromatic carbocycles. The SMILES string of the molecule is NC(=O)c1ccc2c(c1)nc(-c1cc(Br)ccc1F)n2C1CCCC1. The highest BCUT2D eigenvalue weighted by molar-refractivity contribution is 9.10. The first kappa shape index (κ1) is 16.3. The van der Waals surface area contributed by atoms with Gasteiger partial charge in [0, 0.05) is 16.1 Å². The van der Waals surface area contributed by atoms with Gasteiger partial charge in [-0.1, -0.05) is 28.8 Å². The van der Waals surface area contributed by atoms with Gasteiger partial charge in [-0.05, 0) is 49.2 Å². The van der Waals surface area contributed by atoms with Gasteiger partial charge in [-0.25, -0.2) is 9.37 Å². The van der Waals surface area contributed by atoms with Gasteiger partial charge in [0.15, 0.2) is 0 Å². The number of nitrogens with zero attached hydrogens (tertiary/aromatic N) is 2. The summed E-state index contributed by atoms with van der Waals surface area (Å²) in [7, 11) is 0. The van der Waals surface area contributed by atoms with Crippen LogP contribution >= 0.6 is 15.9 Å². The van der Waals surface area contributed by atoms with E-state index in [2.05, 4.69) is 25.5 Å². The van der Waals surface area contributed by atoms with Crippen LogP contribution in [0.1, 0.15) is 42.1 Å².